The lowest BCUT2D eigenvalue weighted by molar-refractivity contribution is -0.126. The average Bonchev–Trinajstić information content (AvgIpc) is 2.82. The number of aromatic nitrogens is 2. The zero-order valence-electron chi connectivity index (χ0n) is 18.0. The summed E-state index contributed by atoms with van der Waals surface area (Å²) < 4.78 is 1.65. The molecule has 2 aliphatic heterocycles. The lowest BCUT2D eigenvalue weighted by atomic mass is 9.92. The van der Waals surface area contributed by atoms with Gasteiger partial charge in [0.05, 0.1) is 10.9 Å². The Hall–Kier alpha value is -3.19. The van der Waals surface area contributed by atoms with E-state index in [4.69, 9.17) is 0 Å². The lowest BCUT2D eigenvalue weighted by Gasteiger charge is -2.32. The Morgan fingerprint density at radius 1 is 1.03 bits per heavy atom. The van der Waals surface area contributed by atoms with Crippen LogP contribution >= 0.6 is 0 Å². The third-order valence-corrected chi connectivity index (χ3v) is 6.82. The van der Waals surface area contributed by atoms with Gasteiger partial charge in [0.2, 0.25) is 5.91 Å². The molecule has 7 nitrogen and oxygen atoms in total. The van der Waals surface area contributed by atoms with Gasteiger partial charge in [0, 0.05) is 25.6 Å². The number of amides is 1. The van der Waals surface area contributed by atoms with Crippen LogP contribution in [-0.4, -0.2) is 40.0 Å². The highest BCUT2D eigenvalue weighted by atomic mass is 16.2. The van der Waals surface area contributed by atoms with Gasteiger partial charge in [-0.3, -0.25) is 24.0 Å². The number of para-hydroxylation sites is 1. The van der Waals surface area contributed by atoms with Crippen LogP contribution in [-0.2, 0) is 24.3 Å². The number of piperidine rings is 1. The number of hydrogen-bond donors (Lipinski definition) is 2. The Bertz CT molecular complexity index is 1240. The molecule has 1 aromatic heterocycles. The van der Waals surface area contributed by atoms with Crippen molar-refractivity contribution in [1.29, 1.82) is 0 Å². The summed E-state index contributed by atoms with van der Waals surface area (Å²) in [6.07, 6.45) is 2.48. The van der Waals surface area contributed by atoms with Gasteiger partial charge < -0.3 is 5.32 Å². The summed E-state index contributed by atoms with van der Waals surface area (Å²) in [5.74, 6) is 0.279. The molecular weight excluding hydrogens is 404 g/mol. The molecular formula is C25H28N4O3. The molecule has 1 unspecified atom stereocenters. The zero-order valence-corrected chi connectivity index (χ0v) is 18.0. The van der Waals surface area contributed by atoms with Crippen LogP contribution in [0.5, 0.6) is 0 Å². The van der Waals surface area contributed by atoms with E-state index in [2.05, 4.69) is 39.5 Å². The summed E-state index contributed by atoms with van der Waals surface area (Å²) in [4.78, 5) is 42.1. The summed E-state index contributed by atoms with van der Waals surface area (Å²) in [5.41, 5.74) is 2.31. The van der Waals surface area contributed by atoms with Crippen molar-refractivity contribution in [1.82, 2.24) is 19.8 Å². The summed E-state index contributed by atoms with van der Waals surface area (Å²) in [6, 6.07) is 16.0. The monoisotopic (exact) mass is 432 g/mol. The van der Waals surface area contributed by atoms with Crippen molar-refractivity contribution < 1.29 is 4.79 Å². The lowest BCUT2D eigenvalue weighted by Crippen LogP contribution is -2.43. The van der Waals surface area contributed by atoms with Crippen molar-refractivity contribution in [2.75, 3.05) is 19.6 Å². The smallest absolute Gasteiger partial charge is 0.328 e. The van der Waals surface area contributed by atoms with Gasteiger partial charge in [-0.15, -0.1) is 0 Å². The number of benzene rings is 2. The summed E-state index contributed by atoms with van der Waals surface area (Å²) >= 11 is 0. The number of aromatic amines is 1. The second-order valence-electron chi connectivity index (χ2n) is 9.03. The number of nitrogens with one attached hydrogen (secondary N) is 2. The fourth-order valence-electron chi connectivity index (χ4n) is 5.12. The number of H-pyrrole nitrogens is 1. The molecule has 32 heavy (non-hydrogen) atoms. The molecule has 0 radical (unpaired) electrons. The SMILES string of the molecule is O=C(NCC1Cc2cccc3c(=O)[nH]c(=O)n(c23)C1)C1CCN(Cc2ccccc2)CC1. The van der Waals surface area contributed by atoms with Crippen LogP contribution in [0.1, 0.15) is 24.0 Å². The maximum Gasteiger partial charge on any atom is 0.328 e. The van der Waals surface area contributed by atoms with Crippen molar-refractivity contribution in [3.63, 3.8) is 0 Å². The van der Waals surface area contributed by atoms with Gasteiger partial charge in [-0.2, -0.15) is 0 Å². The summed E-state index contributed by atoms with van der Waals surface area (Å²) in [7, 11) is 0. The highest BCUT2D eigenvalue weighted by molar-refractivity contribution is 5.82. The van der Waals surface area contributed by atoms with E-state index >= 15 is 0 Å². The van der Waals surface area contributed by atoms with E-state index in [1.165, 1.54) is 5.56 Å². The van der Waals surface area contributed by atoms with Crippen molar-refractivity contribution in [2.45, 2.75) is 32.4 Å². The van der Waals surface area contributed by atoms with Crippen molar-refractivity contribution in [2.24, 2.45) is 11.8 Å². The van der Waals surface area contributed by atoms with E-state index in [0.717, 1.165) is 50.0 Å². The number of likely N-dealkylation sites (tertiary alicyclic amines) is 1. The van der Waals surface area contributed by atoms with E-state index in [1.807, 2.05) is 18.2 Å². The molecule has 1 amide bonds. The molecule has 0 saturated carbocycles. The van der Waals surface area contributed by atoms with Gasteiger partial charge in [-0.25, -0.2) is 4.79 Å². The van der Waals surface area contributed by atoms with E-state index in [0.29, 0.717) is 18.5 Å². The quantitative estimate of drug-likeness (QED) is 0.645. The molecule has 0 spiro atoms. The molecule has 2 aliphatic rings. The highest BCUT2D eigenvalue weighted by Gasteiger charge is 2.27. The Kier molecular flexibility index (Phi) is 5.66. The van der Waals surface area contributed by atoms with Crippen LogP contribution in [0.25, 0.3) is 10.9 Å². The van der Waals surface area contributed by atoms with Gasteiger partial charge in [-0.1, -0.05) is 42.5 Å². The average molecular weight is 433 g/mol. The highest BCUT2D eigenvalue weighted by Crippen LogP contribution is 2.25. The van der Waals surface area contributed by atoms with Crippen LogP contribution in [0, 0.1) is 11.8 Å². The van der Waals surface area contributed by atoms with Crippen molar-refractivity contribution >= 4 is 16.8 Å². The van der Waals surface area contributed by atoms with Crippen molar-refractivity contribution in [3.8, 4) is 0 Å². The van der Waals surface area contributed by atoms with Crippen LogP contribution in [0.3, 0.4) is 0 Å². The fraction of sp³-hybridized carbons (Fsp3) is 0.400. The Morgan fingerprint density at radius 3 is 2.59 bits per heavy atom. The molecule has 2 N–H and O–H groups in total. The minimum absolute atomic E-state index is 0.0420. The number of rotatable bonds is 5. The van der Waals surface area contributed by atoms with E-state index in [1.54, 1.807) is 10.6 Å². The standard InChI is InChI=1S/C25H28N4O3/c30-23(19-9-11-28(12-10-19)15-17-5-2-1-3-6-17)26-14-18-13-20-7-4-8-21-22(20)29(16-18)25(32)27-24(21)31/h1-8,18-19H,9-16H2,(H,26,30)(H,27,31,32). The van der Waals surface area contributed by atoms with E-state index in [-0.39, 0.29) is 29.0 Å². The molecule has 1 fully saturated rings. The van der Waals surface area contributed by atoms with Gasteiger partial charge in [0.15, 0.2) is 0 Å². The van der Waals surface area contributed by atoms with Crippen LogP contribution in [0.15, 0.2) is 58.1 Å². The molecule has 5 rings (SSSR count). The van der Waals surface area contributed by atoms with E-state index < -0.39 is 0 Å². The molecule has 3 aromatic rings. The molecule has 0 aliphatic carbocycles. The minimum atomic E-state index is -0.378. The molecule has 2 aromatic carbocycles. The number of carbonyl (C=O) groups is 1. The Balaban J connectivity index is 1.17. The van der Waals surface area contributed by atoms with Gasteiger partial charge >= 0.3 is 5.69 Å². The third kappa shape index (κ3) is 4.12. The normalized spacial score (nSPS) is 19.2. The second kappa shape index (κ2) is 8.74. The first-order chi connectivity index (χ1) is 15.6. The molecule has 1 atom stereocenters. The topological polar surface area (TPSA) is 87.2 Å². The first-order valence-corrected chi connectivity index (χ1v) is 11.4. The first kappa shape index (κ1) is 20.7. The summed E-state index contributed by atoms with van der Waals surface area (Å²) in [5, 5.41) is 3.68. The molecule has 3 heterocycles. The van der Waals surface area contributed by atoms with Crippen LogP contribution in [0.4, 0.5) is 0 Å². The molecule has 166 valence electrons. The van der Waals surface area contributed by atoms with Crippen molar-refractivity contribution in [3.05, 3.63) is 80.5 Å². The van der Waals surface area contributed by atoms with Gasteiger partial charge in [0.1, 0.15) is 0 Å². The van der Waals surface area contributed by atoms with Crippen LogP contribution < -0.4 is 16.6 Å². The maximum atomic E-state index is 12.8. The minimum Gasteiger partial charge on any atom is -0.356 e. The largest absolute Gasteiger partial charge is 0.356 e. The molecule has 0 bridgehead atoms. The Labute approximate surface area is 186 Å². The van der Waals surface area contributed by atoms with Crippen LogP contribution in [0.2, 0.25) is 0 Å². The number of hydrogen-bond acceptors (Lipinski definition) is 4. The number of nitrogens with zero attached hydrogens (tertiary/aromatic N) is 2. The number of carbonyl (C=O) groups excluding carboxylic acids is 1. The van der Waals surface area contributed by atoms with E-state index in [9.17, 15) is 14.4 Å². The predicted octanol–water partition coefficient (Wildman–Crippen LogP) is 1.89. The second-order valence-corrected chi connectivity index (χ2v) is 9.03. The third-order valence-electron chi connectivity index (χ3n) is 6.82. The van der Waals surface area contributed by atoms with Gasteiger partial charge in [0.25, 0.3) is 5.56 Å². The maximum absolute atomic E-state index is 12.8. The first-order valence-electron chi connectivity index (χ1n) is 11.4. The molecule has 1 saturated heterocycles. The zero-order chi connectivity index (χ0) is 22.1. The Morgan fingerprint density at radius 2 is 1.81 bits per heavy atom. The molecule has 7 heteroatoms. The van der Waals surface area contributed by atoms with Gasteiger partial charge in [-0.05, 0) is 55.5 Å². The predicted molar refractivity (Wildman–Crippen MR) is 123 cm³/mol. The summed E-state index contributed by atoms with van der Waals surface area (Å²) in [6.45, 7) is 3.81. The fourth-order valence-corrected chi connectivity index (χ4v) is 5.12.